The first-order chi connectivity index (χ1) is 9.11. The van der Waals surface area contributed by atoms with Gasteiger partial charge in [-0.3, -0.25) is 0 Å². The van der Waals surface area contributed by atoms with E-state index in [1.165, 1.54) is 0 Å². The van der Waals surface area contributed by atoms with Crippen LogP contribution in [0.2, 0.25) is 0 Å². The van der Waals surface area contributed by atoms with Crippen LogP contribution in [0.1, 0.15) is 43.9 Å². The van der Waals surface area contributed by atoms with Crippen molar-refractivity contribution in [2.45, 2.75) is 40.2 Å². The minimum atomic E-state index is 0.328. The third-order valence-corrected chi connectivity index (χ3v) is 2.89. The SMILES string of the molecule is CCNCc1nc(C(C)C)ncc1-n1ccc(C)n1. The molecule has 0 unspecified atom stereocenters. The standard InChI is InChI=1S/C14H21N5/c1-5-15-8-12-13(19-7-6-11(4)18-19)9-16-14(17-12)10(2)3/h6-7,9-10,15H,5,8H2,1-4H3. The number of hydrogen-bond acceptors (Lipinski definition) is 4. The topological polar surface area (TPSA) is 55.6 Å². The molecular formula is C14H21N5. The molecule has 0 atom stereocenters. The molecule has 0 spiro atoms. The lowest BCUT2D eigenvalue weighted by Crippen LogP contribution is -2.17. The van der Waals surface area contributed by atoms with Crippen LogP contribution in [0.15, 0.2) is 18.5 Å². The van der Waals surface area contributed by atoms with Crippen molar-refractivity contribution < 1.29 is 0 Å². The Labute approximate surface area is 114 Å². The van der Waals surface area contributed by atoms with Crippen molar-refractivity contribution in [3.05, 3.63) is 35.7 Å². The molecule has 1 N–H and O–H groups in total. The molecule has 2 aromatic heterocycles. The Bertz CT molecular complexity index is 545. The monoisotopic (exact) mass is 259 g/mol. The zero-order chi connectivity index (χ0) is 13.8. The van der Waals surface area contributed by atoms with E-state index < -0.39 is 0 Å². The third-order valence-electron chi connectivity index (χ3n) is 2.89. The normalized spacial score (nSPS) is 11.2. The largest absolute Gasteiger partial charge is 0.311 e. The first-order valence-electron chi connectivity index (χ1n) is 6.71. The zero-order valence-electron chi connectivity index (χ0n) is 12.0. The van der Waals surface area contributed by atoms with Gasteiger partial charge in [0.1, 0.15) is 11.5 Å². The van der Waals surface area contributed by atoms with Crippen molar-refractivity contribution >= 4 is 0 Å². The predicted octanol–water partition coefficient (Wildman–Crippen LogP) is 2.20. The number of aromatic nitrogens is 4. The fraction of sp³-hybridized carbons (Fsp3) is 0.500. The molecule has 2 rings (SSSR count). The molecule has 5 nitrogen and oxygen atoms in total. The summed E-state index contributed by atoms with van der Waals surface area (Å²) in [5, 5.41) is 7.75. The Morgan fingerprint density at radius 3 is 2.74 bits per heavy atom. The average Bonchev–Trinajstić information content (AvgIpc) is 2.82. The second-order valence-electron chi connectivity index (χ2n) is 4.90. The molecule has 0 bridgehead atoms. The number of rotatable bonds is 5. The van der Waals surface area contributed by atoms with Crippen LogP contribution in [0.25, 0.3) is 5.69 Å². The van der Waals surface area contributed by atoms with Crippen molar-refractivity contribution in [1.82, 2.24) is 25.1 Å². The minimum absolute atomic E-state index is 0.328. The smallest absolute Gasteiger partial charge is 0.131 e. The highest BCUT2D eigenvalue weighted by Crippen LogP contribution is 2.15. The lowest BCUT2D eigenvalue weighted by atomic mass is 10.2. The van der Waals surface area contributed by atoms with Gasteiger partial charge in [-0.1, -0.05) is 20.8 Å². The summed E-state index contributed by atoms with van der Waals surface area (Å²) in [7, 11) is 0. The molecule has 0 saturated heterocycles. The highest BCUT2D eigenvalue weighted by molar-refractivity contribution is 5.34. The molecular weight excluding hydrogens is 238 g/mol. The number of nitrogens with zero attached hydrogens (tertiary/aromatic N) is 4. The van der Waals surface area contributed by atoms with E-state index in [1.807, 2.05) is 30.1 Å². The number of hydrogen-bond donors (Lipinski definition) is 1. The van der Waals surface area contributed by atoms with Gasteiger partial charge in [0.05, 0.1) is 17.6 Å². The van der Waals surface area contributed by atoms with Gasteiger partial charge in [0.25, 0.3) is 0 Å². The molecule has 0 aromatic carbocycles. The van der Waals surface area contributed by atoms with E-state index in [-0.39, 0.29) is 0 Å². The van der Waals surface area contributed by atoms with Crippen LogP contribution in [0.3, 0.4) is 0 Å². The van der Waals surface area contributed by atoms with Crippen LogP contribution in [0.4, 0.5) is 0 Å². The Hall–Kier alpha value is -1.75. The van der Waals surface area contributed by atoms with Gasteiger partial charge < -0.3 is 5.32 Å². The van der Waals surface area contributed by atoms with Crippen molar-refractivity contribution in [3.63, 3.8) is 0 Å². The van der Waals surface area contributed by atoms with E-state index in [4.69, 9.17) is 0 Å². The molecule has 19 heavy (non-hydrogen) atoms. The van der Waals surface area contributed by atoms with Crippen molar-refractivity contribution in [2.75, 3.05) is 6.54 Å². The molecule has 0 aliphatic rings. The van der Waals surface area contributed by atoms with E-state index in [0.29, 0.717) is 5.92 Å². The first kappa shape index (κ1) is 13.7. The van der Waals surface area contributed by atoms with E-state index in [9.17, 15) is 0 Å². The van der Waals surface area contributed by atoms with Crippen LogP contribution < -0.4 is 5.32 Å². The Morgan fingerprint density at radius 1 is 1.37 bits per heavy atom. The van der Waals surface area contributed by atoms with Crippen LogP contribution in [-0.2, 0) is 6.54 Å². The summed E-state index contributed by atoms with van der Waals surface area (Å²) in [6.07, 6.45) is 3.81. The zero-order valence-corrected chi connectivity index (χ0v) is 12.0. The Balaban J connectivity index is 2.41. The predicted molar refractivity (Wildman–Crippen MR) is 75.4 cm³/mol. The van der Waals surface area contributed by atoms with Crippen LogP contribution in [-0.4, -0.2) is 26.3 Å². The van der Waals surface area contributed by atoms with Gasteiger partial charge in [-0.2, -0.15) is 5.10 Å². The van der Waals surface area contributed by atoms with Crippen molar-refractivity contribution in [2.24, 2.45) is 0 Å². The first-order valence-corrected chi connectivity index (χ1v) is 6.71. The molecule has 0 saturated carbocycles. The van der Waals surface area contributed by atoms with Gasteiger partial charge in [-0.15, -0.1) is 0 Å². The van der Waals surface area contributed by atoms with Gasteiger partial charge in [0, 0.05) is 18.7 Å². The molecule has 0 aliphatic heterocycles. The second-order valence-corrected chi connectivity index (χ2v) is 4.90. The second kappa shape index (κ2) is 5.93. The maximum absolute atomic E-state index is 4.66. The van der Waals surface area contributed by atoms with Gasteiger partial charge >= 0.3 is 0 Å². The summed E-state index contributed by atoms with van der Waals surface area (Å²) in [5.74, 6) is 1.20. The van der Waals surface area contributed by atoms with Gasteiger partial charge in [-0.25, -0.2) is 14.6 Å². The van der Waals surface area contributed by atoms with Crippen molar-refractivity contribution in [3.8, 4) is 5.69 Å². The molecule has 2 heterocycles. The summed E-state index contributed by atoms with van der Waals surface area (Å²) in [4.78, 5) is 9.09. The minimum Gasteiger partial charge on any atom is -0.311 e. The summed E-state index contributed by atoms with van der Waals surface area (Å²) < 4.78 is 1.84. The average molecular weight is 259 g/mol. The van der Waals surface area contributed by atoms with Crippen LogP contribution >= 0.6 is 0 Å². The Kier molecular flexibility index (Phi) is 4.27. The quantitative estimate of drug-likeness (QED) is 0.894. The fourth-order valence-electron chi connectivity index (χ4n) is 1.82. The summed E-state index contributed by atoms with van der Waals surface area (Å²) in [5.41, 5.74) is 2.92. The fourth-order valence-corrected chi connectivity index (χ4v) is 1.82. The lowest BCUT2D eigenvalue weighted by molar-refractivity contribution is 0.673. The number of aryl methyl sites for hydroxylation is 1. The highest BCUT2D eigenvalue weighted by Gasteiger charge is 2.11. The summed E-state index contributed by atoms with van der Waals surface area (Å²) in [6, 6.07) is 1.98. The lowest BCUT2D eigenvalue weighted by Gasteiger charge is -2.12. The molecule has 0 radical (unpaired) electrons. The molecule has 5 heteroatoms. The van der Waals surface area contributed by atoms with Crippen LogP contribution in [0.5, 0.6) is 0 Å². The summed E-state index contributed by atoms with van der Waals surface area (Å²) >= 11 is 0. The highest BCUT2D eigenvalue weighted by atomic mass is 15.3. The molecule has 0 aliphatic carbocycles. The maximum Gasteiger partial charge on any atom is 0.131 e. The molecule has 2 aromatic rings. The number of nitrogens with one attached hydrogen (secondary N) is 1. The van der Waals surface area contributed by atoms with Gasteiger partial charge in [0.15, 0.2) is 0 Å². The van der Waals surface area contributed by atoms with Gasteiger partial charge in [0.2, 0.25) is 0 Å². The van der Waals surface area contributed by atoms with E-state index in [0.717, 1.165) is 36.0 Å². The van der Waals surface area contributed by atoms with E-state index >= 15 is 0 Å². The molecule has 0 fully saturated rings. The summed E-state index contributed by atoms with van der Waals surface area (Å²) in [6.45, 7) is 9.91. The van der Waals surface area contributed by atoms with Crippen molar-refractivity contribution in [1.29, 1.82) is 0 Å². The molecule has 0 amide bonds. The van der Waals surface area contributed by atoms with E-state index in [1.54, 1.807) is 0 Å². The van der Waals surface area contributed by atoms with E-state index in [2.05, 4.69) is 41.2 Å². The van der Waals surface area contributed by atoms with Gasteiger partial charge in [-0.05, 0) is 19.5 Å². The molecule has 102 valence electrons. The Morgan fingerprint density at radius 2 is 2.16 bits per heavy atom. The maximum atomic E-state index is 4.66. The third kappa shape index (κ3) is 3.17. The van der Waals surface area contributed by atoms with Crippen LogP contribution in [0, 0.1) is 6.92 Å².